The molecule has 1 aliphatic rings. The predicted molar refractivity (Wildman–Crippen MR) is 80.1 cm³/mol. The molecule has 120 valence electrons. The van der Waals surface area contributed by atoms with Gasteiger partial charge in [0.2, 0.25) is 6.79 Å². The second-order valence-corrected chi connectivity index (χ2v) is 5.19. The molecule has 0 fully saturated rings. The van der Waals surface area contributed by atoms with Crippen molar-refractivity contribution in [1.29, 1.82) is 0 Å². The van der Waals surface area contributed by atoms with Crippen molar-refractivity contribution in [1.82, 2.24) is 0 Å². The molecule has 1 N–H and O–H groups in total. The average Bonchev–Trinajstić information content (AvgIpc) is 3.11. The number of ether oxygens (including phenoxy) is 2. The molecule has 7 heteroatoms. The monoisotopic (exact) mass is 317 g/mol. The second kappa shape index (κ2) is 5.68. The lowest BCUT2D eigenvalue weighted by atomic mass is 10.1. The Balaban J connectivity index is 1.91. The fourth-order valence-electron chi connectivity index (χ4n) is 2.43. The number of hydrogen-bond acceptors (Lipinski definition) is 5. The molecule has 0 atom stereocenters. The first-order chi connectivity index (χ1) is 11.0. The topological polar surface area (TPSA) is 89.2 Å². The van der Waals surface area contributed by atoms with Gasteiger partial charge in [-0.25, -0.2) is 0 Å². The first-order valence-corrected chi connectivity index (χ1v) is 6.94. The summed E-state index contributed by atoms with van der Waals surface area (Å²) in [6.45, 7) is 1.86. The molecule has 3 rings (SSSR count). The number of anilines is 1. The number of amides is 1. The standard InChI is InChI=1S/C16H15NO6/c1-9-7-21-13(6-14(18)19)15(9)16(20)17(2)10-3-4-11-12(5-10)23-8-22-11/h3-5,7H,6,8H2,1-2H3,(H,18,19). The smallest absolute Gasteiger partial charge is 0.311 e. The lowest BCUT2D eigenvalue weighted by Gasteiger charge is -2.18. The van der Waals surface area contributed by atoms with Gasteiger partial charge in [0.15, 0.2) is 11.5 Å². The minimum Gasteiger partial charge on any atom is -0.481 e. The van der Waals surface area contributed by atoms with Crippen molar-refractivity contribution in [2.75, 3.05) is 18.7 Å². The summed E-state index contributed by atoms with van der Waals surface area (Å²) in [5.41, 5.74) is 1.48. The number of rotatable bonds is 4. The van der Waals surface area contributed by atoms with Crippen molar-refractivity contribution in [3.63, 3.8) is 0 Å². The van der Waals surface area contributed by atoms with Gasteiger partial charge in [-0.1, -0.05) is 0 Å². The molecule has 0 saturated heterocycles. The number of hydrogen-bond donors (Lipinski definition) is 1. The van der Waals surface area contributed by atoms with E-state index in [1.54, 1.807) is 32.2 Å². The molecule has 1 amide bonds. The van der Waals surface area contributed by atoms with E-state index < -0.39 is 5.97 Å². The fourth-order valence-corrected chi connectivity index (χ4v) is 2.43. The summed E-state index contributed by atoms with van der Waals surface area (Å²) >= 11 is 0. The van der Waals surface area contributed by atoms with Crippen molar-refractivity contribution >= 4 is 17.6 Å². The Hall–Kier alpha value is -2.96. The lowest BCUT2D eigenvalue weighted by molar-refractivity contribution is -0.136. The van der Waals surface area contributed by atoms with E-state index in [1.165, 1.54) is 11.2 Å². The van der Waals surface area contributed by atoms with Crippen LogP contribution in [0, 0.1) is 6.92 Å². The molecule has 1 aromatic carbocycles. The van der Waals surface area contributed by atoms with E-state index in [1.807, 2.05) is 0 Å². The van der Waals surface area contributed by atoms with Crippen molar-refractivity contribution in [2.24, 2.45) is 0 Å². The summed E-state index contributed by atoms with van der Waals surface area (Å²) in [5.74, 6) is -0.0597. The molecule has 0 radical (unpaired) electrons. The van der Waals surface area contributed by atoms with Crippen LogP contribution in [0.25, 0.3) is 0 Å². The maximum absolute atomic E-state index is 12.7. The van der Waals surface area contributed by atoms with E-state index in [2.05, 4.69) is 0 Å². The number of fused-ring (bicyclic) bond motifs is 1. The Kier molecular flexibility index (Phi) is 3.69. The van der Waals surface area contributed by atoms with Crippen molar-refractivity contribution in [3.8, 4) is 11.5 Å². The van der Waals surface area contributed by atoms with Crippen LogP contribution in [-0.4, -0.2) is 30.8 Å². The van der Waals surface area contributed by atoms with Crippen molar-refractivity contribution in [3.05, 3.63) is 41.3 Å². The lowest BCUT2D eigenvalue weighted by Crippen LogP contribution is -2.27. The number of carboxylic acids is 1. The molecule has 2 heterocycles. The van der Waals surface area contributed by atoms with Crippen molar-refractivity contribution < 1.29 is 28.6 Å². The van der Waals surface area contributed by atoms with Gasteiger partial charge in [-0.05, 0) is 19.1 Å². The summed E-state index contributed by atoms with van der Waals surface area (Å²) in [6.07, 6.45) is 1.04. The van der Waals surface area contributed by atoms with Gasteiger partial charge in [0, 0.05) is 24.4 Å². The zero-order valence-corrected chi connectivity index (χ0v) is 12.7. The predicted octanol–water partition coefficient (Wildman–Crippen LogP) is 2.22. The Labute approximate surface area is 132 Å². The number of carbonyl (C=O) groups is 2. The summed E-state index contributed by atoms with van der Waals surface area (Å²) in [4.78, 5) is 25.1. The van der Waals surface area contributed by atoms with Crippen LogP contribution in [0.3, 0.4) is 0 Å². The third-order valence-corrected chi connectivity index (χ3v) is 3.62. The van der Waals surface area contributed by atoms with E-state index >= 15 is 0 Å². The Morgan fingerprint density at radius 2 is 2.00 bits per heavy atom. The van der Waals surface area contributed by atoms with Crippen LogP contribution in [0.5, 0.6) is 11.5 Å². The number of aryl methyl sites for hydroxylation is 1. The van der Waals surface area contributed by atoms with Crippen LogP contribution < -0.4 is 14.4 Å². The molecule has 0 unspecified atom stereocenters. The van der Waals surface area contributed by atoms with Crippen molar-refractivity contribution in [2.45, 2.75) is 13.3 Å². The number of nitrogens with zero attached hydrogens (tertiary/aromatic N) is 1. The Bertz CT molecular complexity index is 779. The van der Waals surface area contributed by atoms with Gasteiger partial charge < -0.3 is 23.9 Å². The first-order valence-electron chi connectivity index (χ1n) is 6.94. The van der Waals surface area contributed by atoms with E-state index in [0.29, 0.717) is 22.7 Å². The van der Waals surface area contributed by atoms with Gasteiger partial charge in [-0.15, -0.1) is 0 Å². The quantitative estimate of drug-likeness (QED) is 0.930. The van der Waals surface area contributed by atoms with Crippen LogP contribution in [0.1, 0.15) is 21.7 Å². The number of carboxylic acid groups (broad SMARTS) is 1. The Morgan fingerprint density at radius 3 is 2.74 bits per heavy atom. The third-order valence-electron chi connectivity index (χ3n) is 3.62. The van der Waals surface area contributed by atoms with E-state index in [-0.39, 0.29) is 30.4 Å². The van der Waals surface area contributed by atoms with Gasteiger partial charge >= 0.3 is 5.97 Å². The maximum Gasteiger partial charge on any atom is 0.311 e. The largest absolute Gasteiger partial charge is 0.481 e. The van der Waals surface area contributed by atoms with Crippen LogP contribution >= 0.6 is 0 Å². The second-order valence-electron chi connectivity index (χ2n) is 5.19. The number of aliphatic carboxylic acids is 1. The van der Waals surface area contributed by atoms with Crippen LogP contribution in [0.4, 0.5) is 5.69 Å². The molecule has 0 aliphatic carbocycles. The summed E-state index contributed by atoms with van der Waals surface area (Å²) in [6, 6.07) is 5.16. The van der Waals surface area contributed by atoms with Crippen LogP contribution in [-0.2, 0) is 11.2 Å². The number of furan rings is 1. The first kappa shape index (κ1) is 15.0. The molecule has 0 saturated carbocycles. The Morgan fingerprint density at radius 1 is 1.26 bits per heavy atom. The van der Waals surface area contributed by atoms with E-state index in [0.717, 1.165) is 0 Å². The normalized spacial score (nSPS) is 12.3. The zero-order chi connectivity index (χ0) is 16.6. The minimum atomic E-state index is -1.06. The molecule has 23 heavy (non-hydrogen) atoms. The fraction of sp³-hybridized carbons (Fsp3) is 0.250. The molecule has 0 bridgehead atoms. The highest BCUT2D eigenvalue weighted by atomic mass is 16.7. The molecular weight excluding hydrogens is 302 g/mol. The molecular formula is C16H15NO6. The van der Waals surface area contributed by atoms with Gasteiger partial charge in [0.25, 0.3) is 5.91 Å². The molecule has 0 spiro atoms. The third kappa shape index (κ3) is 2.73. The van der Waals surface area contributed by atoms with Gasteiger partial charge in [0.1, 0.15) is 12.2 Å². The summed E-state index contributed by atoms with van der Waals surface area (Å²) < 4.78 is 15.8. The van der Waals surface area contributed by atoms with Gasteiger partial charge in [-0.2, -0.15) is 0 Å². The molecule has 2 aromatic rings. The van der Waals surface area contributed by atoms with Gasteiger partial charge in [0.05, 0.1) is 11.8 Å². The highest BCUT2D eigenvalue weighted by Gasteiger charge is 2.25. The zero-order valence-electron chi connectivity index (χ0n) is 12.7. The molecule has 1 aromatic heterocycles. The molecule has 7 nitrogen and oxygen atoms in total. The maximum atomic E-state index is 12.7. The van der Waals surface area contributed by atoms with Crippen LogP contribution in [0.15, 0.2) is 28.9 Å². The SMILES string of the molecule is Cc1coc(CC(=O)O)c1C(=O)N(C)c1ccc2c(c1)OCO2. The summed E-state index contributed by atoms with van der Waals surface area (Å²) in [5, 5.41) is 8.93. The average molecular weight is 317 g/mol. The highest BCUT2D eigenvalue weighted by Crippen LogP contribution is 2.35. The van der Waals surface area contributed by atoms with E-state index in [9.17, 15) is 9.59 Å². The van der Waals surface area contributed by atoms with Gasteiger partial charge in [-0.3, -0.25) is 9.59 Å². The summed E-state index contributed by atoms with van der Waals surface area (Å²) in [7, 11) is 1.61. The van der Waals surface area contributed by atoms with Crippen LogP contribution in [0.2, 0.25) is 0 Å². The highest BCUT2D eigenvalue weighted by molar-refractivity contribution is 6.07. The molecule has 1 aliphatic heterocycles. The van der Waals surface area contributed by atoms with E-state index in [4.69, 9.17) is 19.0 Å². The minimum absolute atomic E-state index is 0.146. The number of benzene rings is 1. The number of carbonyl (C=O) groups excluding carboxylic acids is 1.